The Morgan fingerprint density at radius 3 is 0.869 bits per heavy atom. The molecule has 0 atom stereocenters. The van der Waals surface area contributed by atoms with Crippen LogP contribution in [0.1, 0.15) is 64.8 Å². The number of benzene rings is 3. The van der Waals surface area contributed by atoms with Gasteiger partial charge in [-0.05, 0) is 54.2 Å². The van der Waals surface area contributed by atoms with Gasteiger partial charge in [-0.15, -0.1) is 15.3 Å². The predicted octanol–water partition coefficient (Wildman–Crippen LogP) is -12.7. The molecular formula is C54H60B3N12Na3O27. The number of fused-ring (bicyclic) bond motifs is 3. The maximum atomic E-state index is 12.4. The van der Waals surface area contributed by atoms with Crippen LogP contribution >= 0.6 is 0 Å². The van der Waals surface area contributed by atoms with Gasteiger partial charge in [0, 0.05) is 18.6 Å². The Bertz CT molecular complexity index is 3660. The van der Waals surface area contributed by atoms with Crippen molar-refractivity contribution in [1.82, 2.24) is 59.7 Å². The first-order chi connectivity index (χ1) is 45.3. The third kappa shape index (κ3) is 20.0. The maximum absolute atomic E-state index is 12.4. The Labute approximate surface area is 624 Å². The fourth-order valence-corrected chi connectivity index (χ4v) is 10.9. The van der Waals surface area contributed by atoms with Gasteiger partial charge in [0.15, 0.2) is 0 Å². The van der Waals surface area contributed by atoms with E-state index in [4.69, 9.17) is 43.5 Å². The van der Waals surface area contributed by atoms with Crippen molar-refractivity contribution in [3.63, 3.8) is 0 Å². The number of likely N-dealkylation sites (tertiary alicyclic amines) is 3. The summed E-state index contributed by atoms with van der Waals surface area (Å²) < 4.78 is 36.0. The van der Waals surface area contributed by atoms with Crippen molar-refractivity contribution in [2.75, 3.05) is 39.3 Å². The Morgan fingerprint density at radius 2 is 0.646 bits per heavy atom. The van der Waals surface area contributed by atoms with Gasteiger partial charge in [-0.3, -0.25) is 28.8 Å². The molecule has 6 aromatic rings. The summed E-state index contributed by atoms with van der Waals surface area (Å²) in [5.41, 5.74) is 1.73. The molecule has 39 nitrogen and oxygen atoms in total. The van der Waals surface area contributed by atoms with Gasteiger partial charge < -0.3 is 104 Å². The molecule has 3 aromatic heterocycles. The summed E-state index contributed by atoms with van der Waals surface area (Å²) in [6.45, 7) is -9.18. The third-order valence-electron chi connectivity index (χ3n) is 15.7. The first-order valence-corrected chi connectivity index (χ1v) is 29.5. The zero-order valence-corrected chi connectivity index (χ0v) is 59.2. The zero-order chi connectivity index (χ0) is 69.1. The number of hydrogen-bond donors (Lipinski definition) is 12. The standard InChI is InChI=1S/3C18H20BN4O9.3Na/c3*24-14(5-11-6-23(21-20-11)9-15(25)26)22-7-12(8-22)31-13-2-1-10-3-4-19(29,30)32-17(10)16(13)18(27)28;;;/h3*1-2,6,12,29-30H,3-5,7-9H2,(H,25,26)(H,27,28);;;/q3*-1;3*+1. The van der Waals surface area contributed by atoms with Crippen LogP contribution in [0.4, 0.5) is 0 Å². The number of carbonyl (C=O) groups excluding carboxylic acids is 3. The van der Waals surface area contributed by atoms with Crippen molar-refractivity contribution in [2.45, 2.75) is 95.4 Å². The monoisotopic (exact) mass is 1410 g/mol. The summed E-state index contributed by atoms with van der Waals surface area (Å²) >= 11 is 0. The van der Waals surface area contributed by atoms with Crippen LogP contribution < -0.4 is 117 Å². The van der Waals surface area contributed by atoms with E-state index in [1.807, 2.05) is 0 Å². The molecule has 3 fully saturated rings. The van der Waals surface area contributed by atoms with Crippen molar-refractivity contribution < 1.29 is 221 Å². The molecule has 0 spiro atoms. The van der Waals surface area contributed by atoms with E-state index >= 15 is 0 Å². The number of amides is 3. The quantitative estimate of drug-likeness (QED) is 0.0298. The molecule has 3 aromatic carbocycles. The topological polar surface area (TPSA) is 554 Å². The summed E-state index contributed by atoms with van der Waals surface area (Å²) in [7, 11) is 0. The van der Waals surface area contributed by atoms with Crippen LogP contribution in [0.25, 0.3) is 0 Å². The van der Waals surface area contributed by atoms with Gasteiger partial charge in [0.25, 0.3) is 0 Å². The first kappa shape index (κ1) is 78.4. The molecule has 12 rings (SSSR count). The average molecular weight is 1410 g/mol. The number of carboxylic acid groups (broad SMARTS) is 6. The SMILES string of the molecule is O=C(O)Cn1cc(CC(=O)N2CC(Oc3ccc4c(c3C(=O)O)O[B-](O)(O)CC4)C2)nn1.O=C(O)Cn1cc(CC(=O)N2CC(Oc3ccc4c(c3C(=O)O)O[B-](O)(O)CC4)C2)nn1.O=C(O)Cn1cc(CC(=O)N2CC(Oc3ccc4c(c3C(=O)O)O[B-](O)(O)CC4)C2)nn1.[Na+].[Na+].[Na+]. The maximum Gasteiger partial charge on any atom is 1.00 e. The Hall–Kier alpha value is -7.94. The minimum atomic E-state index is -3.13. The fourth-order valence-electron chi connectivity index (χ4n) is 10.9. The normalized spacial score (nSPS) is 16.6. The first-order valence-electron chi connectivity index (χ1n) is 29.5. The summed E-state index contributed by atoms with van der Waals surface area (Å²) in [6, 6.07) is 9.32. The number of aromatic carboxylic acids is 3. The second-order valence-corrected chi connectivity index (χ2v) is 23.3. The van der Waals surface area contributed by atoms with E-state index in [0.717, 1.165) is 14.0 Å². The smallest absolute Gasteiger partial charge is 0.669 e. The number of ether oxygens (including phenoxy) is 3. The molecule has 0 bridgehead atoms. The second kappa shape index (κ2) is 32.6. The molecule has 0 aliphatic carbocycles. The number of aliphatic carboxylic acids is 3. The van der Waals surface area contributed by atoms with Gasteiger partial charge in [0.1, 0.15) is 71.9 Å². The van der Waals surface area contributed by atoms with Crippen molar-refractivity contribution >= 4 is 73.8 Å². The fraction of sp³-hybridized carbons (Fsp3) is 0.389. The number of carboxylic acids is 6. The molecular weight excluding hydrogens is 1350 g/mol. The Morgan fingerprint density at radius 1 is 0.404 bits per heavy atom. The zero-order valence-electron chi connectivity index (χ0n) is 53.2. The Balaban J connectivity index is 0.000000206. The van der Waals surface area contributed by atoms with Crippen LogP contribution in [0.5, 0.6) is 34.5 Å². The molecule has 0 saturated carbocycles. The Kier molecular flexibility index (Phi) is 25.8. The average Bonchev–Trinajstić information content (AvgIpc) is 1.38. The molecule has 6 aliphatic heterocycles. The number of carbonyl (C=O) groups is 9. The van der Waals surface area contributed by atoms with Gasteiger partial charge in [-0.25, -0.2) is 28.4 Å². The van der Waals surface area contributed by atoms with Gasteiger partial charge in [-0.1, -0.05) is 52.8 Å². The number of aryl methyl sites for hydroxylation is 3. The molecule has 45 heteroatoms. The molecule has 510 valence electrons. The van der Waals surface area contributed by atoms with E-state index in [1.54, 1.807) is 18.2 Å². The second-order valence-electron chi connectivity index (χ2n) is 23.3. The number of rotatable bonds is 21. The van der Waals surface area contributed by atoms with Crippen molar-refractivity contribution in [3.8, 4) is 34.5 Å². The van der Waals surface area contributed by atoms with Crippen molar-refractivity contribution in [3.05, 3.63) is 105 Å². The van der Waals surface area contributed by atoms with Crippen molar-refractivity contribution in [1.29, 1.82) is 0 Å². The molecule has 12 N–H and O–H groups in total. The van der Waals surface area contributed by atoms with Gasteiger partial charge in [-0.2, -0.15) is 0 Å². The summed E-state index contributed by atoms with van der Waals surface area (Å²) in [5, 5.41) is 136. The van der Waals surface area contributed by atoms with E-state index in [1.165, 1.54) is 51.5 Å². The summed E-state index contributed by atoms with van der Waals surface area (Å²) in [5.74, 6) is -8.32. The van der Waals surface area contributed by atoms with Crippen LogP contribution in [-0.2, 0) is 86.9 Å². The van der Waals surface area contributed by atoms with Gasteiger partial charge >= 0.3 is 145 Å². The van der Waals surface area contributed by atoms with E-state index in [0.29, 0.717) is 33.8 Å². The summed E-state index contributed by atoms with van der Waals surface area (Å²) in [4.78, 5) is 109. The van der Waals surface area contributed by atoms with E-state index in [9.17, 15) is 88.6 Å². The number of nitrogens with zero attached hydrogens (tertiary/aromatic N) is 12. The van der Waals surface area contributed by atoms with Crippen LogP contribution in [-0.4, -0.2) is 252 Å². The van der Waals surface area contributed by atoms with Gasteiger partial charge in [0.2, 0.25) is 17.7 Å². The van der Waals surface area contributed by atoms with Crippen molar-refractivity contribution in [2.24, 2.45) is 0 Å². The summed E-state index contributed by atoms with van der Waals surface area (Å²) in [6.07, 6.45) is 3.27. The molecule has 3 saturated heterocycles. The molecule has 6 aliphatic rings. The molecule has 9 heterocycles. The minimum Gasteiger partial charge on any atom is -0.669 e. The molecule has 0 unspecified atom stereocenters. The van der Waals surface area contributed by atoms with Gasteiger partial charge in [0.05, 0.1) is 92.9 Å². The molecule has 3 amide bonds. The van der Waals surface area contributed by atoms with Crippen LogP contribution in [0.2, 0.25) is 19.0 Å². The molecule has 0 radical (unpaired) electrons. The van der Waals surface area contributed by atoms with E-state index in [2.05, 4.69) is 30.9 Å². The van der Waals surface area contributed by atoms with E-state index in [-0.39, 0.29) is 274 Å². The third-order valence-corrected chi connectivity index (χ3v) is 15.7. The number of aromatic nitrogens is 9. The van der Waals surface area contributed by atoms with Crippen LogP contribution in [0.15, 0.2) is 55.0 Å². The van der Waals surface area contributed by atoms with Crippen LogP contribution in [0.3, 0.4) is 0 Å². The predicted molar refractivity (Wildman–Crippen MR) is 315 cm³/mol. The number of hydrogen-bond acceptors (Lipinski definition) is 27. The van der Waals surface area contributed by atoms with E-state index < -0.39 is 74.4 Å². The van der Waals surface area contributed by atoms with Crippen LogP contribution in [0, 0.1) is 0 Å². The largest absolute Gasteiger partial charge is 1.00 e. The molecule has 99 heavy (non-hydrogen) atoms. The minimum absolute atomic E-state index is 0.